The van der Waals surface area contributed by atoms with E-state index in [0.29, 0.717) is 25.9 Å². The highest BCUT2D eigenvalue weighted by atomic mass is 35.5. The number of rotatable bonds is 5. The lowest BCUT2D eigenvalue weighted by molar-refractivity contribution is -0.153. The van der Waals surface area contributed by atoms with Gasteiger partial charge in [-0.3, -0.25) is 4.79 Å². The summed E-state index contributed by atoms with van der Waals surface area (Å²) in [5.41, 5.74) is 0.111. The maximum absolute atomic E-state index is 12.4. The van der Waals surface area contributed by atoms with Crippen molar-refractivity contribution in [2.24, 2.45) is 5.92 Å². The van der Waals surface area contributed by atoms with Crippen LogP contribution in [0.5, 0.6) is 5.75 Å². The molecule has 0 spiro atoms. The van der Waals surface area contributed by atoms with E-state index in [-0.39, 0.29) is 41.2 Å². The van der Waals surface area contributed by atoms with Crippen molar-refractivity contribution < 1.29 is 32.2 Å². The van der Waals surface area contributed by atoms with Crippen LogP contribution >= 0.6 is 12.4 Å². The molecule has 10 heteroatoms. The third kappa shape index (κ3) is 6.38. The molecule has 1 saturated heterocycles. The third-order valence-corrected chi connectivity index (χ3v) is 3.76. The Morgan fingerprint density at radius 1 is 1.27 bits per heavy atom. The number of hydrogen-bond donors (Lipinski definition) is 2. The van der Waals surface area contributed by atoms with Gasteiger partial charge in [0.2, 0.25) is 5.91 Å². The van der Waals surface area contributed by atoms with Gasteiger partial charge in [-0.15, -0.1) is 12.4 Å². The Morgan fingerprint density at radius 3 is 2.50 bits per heavy atom. The number of alkyl halides is 3. The van der Waals surface area contributed by atoms with E-state index in [1.165, 1.54) is 12.1 Å². The van der Waals surface area contributed by atoms with Crippen LogP contribution < -0.4 is 15.4 Å². The number of anilines is 1. The summed E-state index contributed by atoms with van der Waals surface area (Å²) in [6, 6.07) is 3.80. The predicted molar refractivity (Wildman–Crippen MR) is 90.8 cm³/mol. The van der Waals surface area contributed by atoms with E-state index >= 15 is 0 Å². The van der Waals surface area contributed by atoms with Gasteiger partial charge in [0, 0.05) is 5.92 Å². The quantitative estimate of drug-likeness (QED) is 0.748. The minimum absolute atomic E-state index is 0. The molecular formula is C16H20ClF3N2O4. The van der Waals surface area contributed by atoms with E-state index in [1.807, 2.05) is 0 Å². The van der Waals surface area contributed by atoms with Crippen LogP contribution in [0.1, 0.15) is 23.2 Å². The Labute approximate surface area is 154 Å². The number of esters is 1. The van der Waals surface area contributed by atoms with E-state index in [9.17, 15) is 22.8 Å². The highest BCUT2D eigenvalue weighted by Gasteiger charge is 2.29. The van der Waals surface area contributed by atoms with Crippen LogP contribution in [0, 0.1) is 5.92 Å². The molecule has 26 heavy (non-hydrogen) atoms. The minimum Gasteiger partial charge on any atom is -0.482 e. The van der Waals surface area contributed by atoms with Gasteiger partial charge in [0.1, 0.15) is 5.75 Å². The number of piperidine rings is 1. The summed E-state index contributed by atoms with van der Waals surface area (Å²) in [4.78, 5) is 23.8. The lowest BCUT2D eigenvalue weighted by Crippen LogP contribution is -2.34. The molecule has 0 aromatic heterocycles. The summed E-state index contributed by atoms with van der Waals surface area (Å²) < 4.78 is 46.6. The molecule has 1 fully saturated rings. The second-order valence-electron chi connectivity index (χ2n) is 5.62. The number of carbonyl (C=O) groups is 2. The summed E-state index contributed by atoms with van der Waals surface area (Å²) in [7, 11) is 1.16. The predicted octanol–water partition coefficient (Wildman–Crippen LogP) is 2.77. The van der Waals surface area contributed by atoms with Crippen LogP contribution in [-0.4, -0.2) is 44.9 Å². The Hall–Kier alpha value is -2.00. The zero-order valence-electron chi connectivity index (χ0n) is 14.0. The zero-order valence-corrected chi connectivity index (χ0v) is 14.8. The first-order chi connectivity index (χ1) is 11.8. The van der Waals surface area contributed by atoms with Gasteiger partial charge in [-0.05, 0) is 44.1 Å². The van der Waals surface area contributed by atoms with Gasteiger partial charge in [-0.25, -0.2) is 4.79 Å². The van der Waals surface area contributed by atoms with Crippen LogP contribution in [0.4, 0.5) is 18.9 Å². The molecule has 1 aliphatic rings. The molecule has 1 aromatic carbocycles. The number of carbonyl (C=O) groups excluding carboxylic acids is 2. The van der Waals surface area contributed by atoms with Crippen LogP contribution in [0.2, 0.25) is 0 Å². The third-order valence-electron chi connectivity index (χ3n) is 3.76. The molecule has 0 bridgehead atoms. The molecule has 6 nitrogen and oxygen atoms in total. The Bertz CT molecular complexity index is 634. The second-order valence-corrected chi connectivity index (χ2v) is 5.62. The van der Waals surface area contributed by atoms with Crippen molar-refractivity contribution in [3.63, 3.8) is 0 Å². The highest BCUT2D eigenvalue weighted by molar-refractivity contribution is 5.96. The first kappa shape index (κ1) is 22.0. The molecule has 2 rings (SSSR count). The first-order valence-corrected chi connectivity index (χ1v) is 7.73. The van der Waals surface area contributed by atoms with Gasteiger partial charge in [0.25, 0.3) is 0 Å². The van der Waals surface area contributed by atoms with Gasteiger partial charge >= 0.3 is 12.1 Å². The van der Waals surface area contributed by atoms with Crippen LogP contribution in [0.15, 0.2) is 18.2 Å². The summed E-state index contributed by atoms with van der Waals surface area (Å²) in [6.45, 7) is -0.124. The minimum atomic E-state index is -4.54. The van der Waals surface area contributed by atoms with Gasteiger partial charge in [0.15, 0.2) is 6.61 Å². The highest BCUT2D eigenvalue weighted by Crippen LogP contribution is 2.29. The summed E-state index contributed by atoms with van der Waals surface area (Å²) in [6.07, 6.45) is -3.26. The monoisotopic (exact) mass is 396 g/mol. The van der Waals surface area contributed by atoms with Gasteiger partial charge in [0.05, 0.1) is 18.4 Å². The van der Waals surface area contributed by atoms with E-state index in [4.69, 9.17) is 4.74 Å². The van der Waals surface area contributed by atoms with Crippen molar-refractivity contribution in [2.45, 2.75) is 19.0 Å². The van der Waals surface area contributed by atoms with Gasteiger partial charge in [-0.1, -0.05) is 0 Å². The van der Waals surface area contributed by atoms with E-state index in [2.05, 4.69) is 15.4 Å². The average Bonchev–Trinajstić information content (AvgIpc) is 2.60. The molecule has 0 saturated carbocycles. The Kier molecular flexibility index (Phi) is 8.16. The van der Waals surface area contributed by atoms with Crippen molar-refractivity contribution in [3.8, 4) is 5.75 Å². The van der Waals surface area contributed by atoms with Crippen LogP contribution in [-0.2, 0) is 9.53 Å². The van der Waals surface area contributed by atoms with E-state index < -0.39 is 18.8 Å². The zero-order chi connectivity index (χ0) is 18.4. The lowest BCUT2D eigenvalue weighted by Gasteiger charge is -2.22. The molecule has 1 aliphatic heterocycles. The number of halogens is 4. The Morgan fingerprint density at radius 2 is 1.92 bits per heavy atom. The maximum atomic E-state index is 12.4. The number of amides is 1. The van der Waals surface area contributed by atoms with Gasteiger partial charge in [-0.2, -0.15) is 13.2 Å². The molecule has 0 unspecified atom stereocenters. The lowest BCUT2D eigenvalue weighted by atomic mass is 9.97. The molecular weight excluding hydrogens is 377 g/mol. The number of ether oxygens (including phenoxy) is 2. The first-order valence-electron chi connectivity index (χ1n) is 7.73. The number of methoxy groups -OCH3 is 1. The number of hydrogen-bond acceptors (Lipinski definition) is 5. The number of nitrogens with one attached hydrogen (secondary N) is 2. The molecule has 146 valence electrons. The summed E-state index contributed by atoms with van der Waals surface area (Å²) >= 11 is 0. The topological polar surface area (TPSA) is 76.7 Å². The largest absolute Gasteiger partial charge is 0.482 e. The van der Waals surface area contributed by atoms with Crippen molar-refractivity contribution >= 4 is 30.0 Å². The van der Waals surface area contributed by atoms with Crippen molar-refractivity contribution in [3.05, 3.63) is 23.8 Å². The van der Waals surface area contributed by atoms with Crippen molar-refractivity contribution in [1.82, 2.24) is 5.32 Å². The second kappa shape index (κ2) is 9.63. The smallest absolute Gasteiger partial charge is 0.422 e. The average molecular weight is 397 g/mol. The van der Waals surface area contributed by atoms with Crippen molar-refractivity contribution in [2.75, 3.05) is 32.1 Å². The van der Waals surface area contributed by atoms with Crippen LogP contribution in [0.3, 0.4) is 0 Å². The molecule has 0 aliphatic carbocycles. The van der Waals surface area contributed by atoms with Gasteiger partial charge < -0.3 is 20.1 Å². The normalized spacial score (nSPS) is 14.9. The molecule has 2 N–H and O–H groups in total. The van der Waals surface area contributed by atoms with Crippen molar-refractivity contribution in [1.29, 1.82) is 0 Å². The molecule has 0 atom stereocenters. The molecule has 0 radical (unpaired) electrons. The molecule has 1 heterocycles. The molecule has 1 amide bonds. The number of benzene rings is 1. The fraction of sp³-hybridized carbons (Fsp3) is 0.500. The summed E-state index contributed by atoms with van der Waals surface area (Å²) in [5.74, 6) is -1.46. The summed E-state index contributed by atoms with van der Waals surface area (Å²) in [5, 5.41) is 5.72. The van der Waals surface area contributed by atoms with Crippen LogP contribution in [0.25, 0.3) is 0 Å². The van der Waals surface area contributed by atoms with E-state index in [0.717, 1.165) is 13.2 Å². The Balaban J connectivity index is 0.00000338. The SMILES string of the molecule is COC(=O)c1ccc(NC(=O)C2CCNCC2)c(OCC(F)(F)F)c1.Cl. The van der Waals surface area contributed by atoms with E-state index in [1.54, 1.807) is 0 Å². The fourth-order valence-corrected chi connectivity index (χ4v) is 2.47. The molecule has 1 aromatic rings. The fourth-order valence-electron chi connectivity index (χ4n) is 2.47. The maximum Gasteiger partial charge on any atom is 0.422 e. The standard InChI is InChI=1S/C16H19F3N2O4.ClH/c1-24-15(23)11-2-3-12(13(8-11)25-9-16(17,18)19)21-14(22)10-4-6-20-7-5-10;/h2-3,8,10,20H,4-7,9H2,1H3,(H,21,22);1H.